The SMILES string of the molecule is CC(=O)NCc1ccc(-c2csc(NC(=O)CC3CC4CCC3C4)n2)s1. The minimum absolute atomic E-state index is 0.0332. The first-order valence-corrected chi connectivity index (χ1v) is 10.9. The standard InChI is InChI=1S/C19H23N3O2S2/c1-11(23)20-9-15-4-5-17(26-15)16-10-25-19(21-16)22-18(24)8-14-7-12-2-3-13(14)6-12/h4-5,10,12-14H,2-3,6-9H2,1H3,(H,20,23)(H,21,22,24). The van der Waals surface area contributed by atoms with Gasteiger partial charge in [-0.3, -0.25) is 9.59 Å². The van der Waals surface area contributed by atoms with Crippen LogP contribution in [0, 0.1) is 17.8 Å². The van der Waals surface area contributed by atoms with Crippen LogP contribution in [0.2, 0.25) is 0 Å². The molecule has 2 aliphatic carbocycles. The van der Waals surface area contributed by atoms with Crippen molar-refractivity contribution in [3.63, 3.8) is 0 Å². The quantitative estimate of drug-likeness (QED) is 0.775. The van der Waals surface area contributed by atoms with Gasteiger partial charge in [0.2, 0.25) is 11.8 Å². The third-order valence-electron chi connectivity index (χ3n) is 5.51. The number of fused-ring (bicyclic) bond motifs is 2. The first-order chi connectivity index (χ1) is 12.6. The lowest BCUT2D eigenvalue weighted by Gasteiger charge is -2.20. The zero-order chi connectivity index (χ0) is 18.1. The summed E-state index contributed by atoms with van der Waals surface area (Å²) in [5, 5.41) is 8.43. The fourth-order valence-corrected chi connectivity index (χ4v) is 6.01. The van der Waals surface area contributed by atoms with Gasteiger partial charge in [0.15, 0.2) is 5.13 Å². The zero-order valence-corrected chi connectivity index (χ0v) is 16.4. The predicted molar refractivity (Wildman–Crippen MR) is 105 cm³/mol. The Hall–Kier alpha value is -1.73. The Bertz CT molecular complexity index is 813. The van der Waals surface area contributed by atoms with Gasteiger partial charge in [-0.05, 0) is 49.1 Å². The fourth-order valence-electron chi connectivity index (χ4n) is 4.30. The molecule has 7 heteroatoms. The van der Waals surface area contributed by atoms with Crippen LogP contribution >= 0.6 is 22.7 Å². The van der Waals surface area contributed by atoms with E-state index in [-0.39, 0.29) is 11.8 Å². The van der Waals surface area contributed by atoms with E-state index in [0.29, 0.717) is 24.0 Å². The van der Waals surface area contributed by atoms with Crippen molar-refractivity contribution in [1.82, 2.24) is 10.3 Å². The number of rotatable bonds is 6. The smallest absolute Gasteiger partial charge is 0.226 e. The highest BCUT2D eigenvalue weighted by Gasteiger charge is 2.40. The Labute approximate surface area is 161 Å². The molecule has 5 nitrogen and oxygen atoms in total. The van der Waals surface area contributed by atoms with Gasteiger partial charge in [0.25, 0.3) is 0 Å². The van der Waals surface area contributed by atoms with Gasteiger partial charge in [-0.1, -0.05) is 6.42 Å². The second kappa shape index (κ2) is 7.48. The number of hydrogen-bond acceptors (Lipinski definition) is 5. The van der Waals surface area contributed by atoms with Crippen LogP contribution in [0.4, 0.5) is 5.13 Å². The summed E-state index contributed by atoms with van der Waals surface area (Å²) in [6, 6.07) is 4.01. The molecule has 2 saturated carbocycles. The maximum atomic E-state index is 12.4. The molecule has 2 fully saturated rings. The molecule has 2 N–H and O–H groups in total. The first kappa shape index (κ1) is 17.7. The number of thiazole rings is 1. The highest BCUT2D eigenvalue weighted by atomic mass is 32.1. The molecule has 3 atom stereocenters. The van der Waals surface area contributed by atoms with Gasteiger partial charge in [-0.2, -0.15) is 0 Å². The average Bonchev–Trinajstić information content (AvgIpc) is 3.37. The van der Waals surface area contributed by atoms with Crippen LogP contribution in [-0.4, -0.2) is 16.8 Å². The molecular formula is C19H23N3O2S2. The van der Waals surface area contributed by atoms with Gasteiger partial charge in [0.1, 0.15) is 0 Å². The van der Waals surface area contributed by atoms with Crippen molar-refractivity contribution in [3.8, 4) is 10.6 Å². The predicted octanol–water partition coefficient (Wildman–Crippen LogP) is 4.27. The van der Waals surface area contributed by atoms with Gasteiger partial charge < -0.3 is 10.6 Å². The van der Waals surface area contributed by atoms with Gasteiger partial charge in [-0.15, -0.1) is 22.7 Å². The summed E-state index contributed by atoms with van der Waals surface area (Å²) in [5.74, 6) is 2.28. The van der Waals surface area contributed by atoms with Crippen LogP contribution in [0.15, 0.2) is 17.5 Å². The normalized spacial score (nSPS) is 24.0. The molecule has 4 rings (SSSR count). The number of thiophene rings is 1. The molecule has 2 bridgehead atoms. The molecule has 2 amide bonds. The summed E-state index contributed by atoms with van der Waals surface area (Å²) in [6.45, 7) is 2.05. The molecule has 0 aliphatic heterocycles. The largest absolute Gasteiger partial charge is 0.351 e. The molecule has 2 aliphatic rings. The van der Waals surface area contributed by atoms with Crippen molar-refractivity contribution < 1.29 is 9.59 Å². The molecule has 0 spiro atoms. The second-order valence-corrected chi connectivity index (χ2v) is 9.43. The van der Waals surface area contributed by atoms with Crippen LogP contribution in [0.25, 0.3) is 10.6 Å². The van der Waals surface area contributed by atoms with E-state index in [1.165, 1.54) is 43.9 Å². The van der Waals surface area contributed by atoms with E-state index >= 15 is 0 Å². The Morgan fingerprint density at radius 2 is 2.15 bits per heavy atom. The monoisotopic (exact) mass is 389 g/mol. The number of aromatic nitrogens is 1. The number of carbonyl (C=O) groups is 2. The number of anilines is 1. The molecule has 138 valence electrons. The van der Waals surface area contributed by atoms with Crippen LogP contribution in [0.1, 0.15) is 43.9 Å². The molecule has 0 aromatic carbocycles. The number of nitrogens with zero attached hydrogens (tertiary/aromatic N) is 1. The highest BCUT2D eigenvalue weighted by Crippen LogP contribution is 2.49. The number of nitrogens with one attached hydrogen (secondary N) is 2. The molecule has 2 heterocycles. The van der Waals surface area contributed by atoms with E-state index in [2.05, 4.69) is 15.6 Å². The lowest BCUT2D eigenvalue weighted by Crippen LogP contribution is -2.20. The summed E-state index contributed by atoms with van der Waals surface area (Å²) in [4.78, 5) is 30.1. The molecule has 26 heavy (non-hydrogen) atoms. The molecule has 3 unspecified atom stereocenters. The average molecular weight is 390 g/mol. The van der Waals surface area contributed by atoms with Crippen molar-refractivity contribution >= 4 is 39.6 Å². The summed E-state index contributed by atoms with van der Waals surface area (Å²) < 4.78 is 0. The summed E-state index contributed by atoms with van der Waals surface area (Å²) in [5.41, 5.74) is 0.879. The minimum atomic E-state index is -0.0332. The van der Waals surface area contributed by atoms with E-state index < -0.39 is 0 Å². The van der Waals surface area contributed by atoms with Crippen LogP contribution < -0.4 is 10.6 Å². The van der Waals surface area contributed by atoms with E-state index in [1.54, 1.807) is 11.3 Å². The van der Waals surface area contributed by atoms with E-state index in [4.69, 9.17) is 0 Å². The molecular weight excluding hydrogens is 366 g/mol. The van der Waals surface area contributed by atoms with Gasteiger partial charge in [0.05, 0.1) is 17.1 Å². The number of carbonyl (C=O) groups excluding carboxylic acids is 2. The number of amides is 2. The van der Waals surface area contributed by atoms with Crippen molar-refractivity contribution in [2.45, 2.75) is 45.6 Å². The Kier molecular flexibility index (Phi) is 5.09. The van der Waals surface area contributed by atoms with E-state index in [0.717, 1.165) is 27.3 Å². The summed E-state index contributed by atoms with van der Waals surface area (Å²) >= 11 is 3.08. The van der Waals surface area contributed by atoms with Crippen molar-refractivity contribution in [3.05, 3.63) is 22.4 Å². The molecule has 0 saturated heterocycles. The molecule has 2 aromatic rings. The first-order valence-electron chi connectivity index (χ1n) is 9.15. The fraction of sp³-hybridized carbons (Fsp3) is 0.526. The third kappa shape index (κ3) is 3.99. The third-order valence-corrected chi connectivity index (χ3v) is 7.37. The Morgan fingerprint density at radius 1 is 1.27 bits per heavy atom. The van der Waals surface area contributed by atoms with E-state index in [1.807, 2.05) is 17.5 Å². The summed E-state index contributed by atoms with van der Waals surface area (Å²) in [7, 11) is 0. The maximum Gasteiger partial charge on any atom is 0.226 e. The van der Waals surface area contributed by atoms with Crippen LogP contribution in [0.3, 0.4) is 0 Å². The lowest BCUT2D eigenvalue weighted by molar-refractivity contribution is -0.119. The molecule has 0 radical (unpaired) electrons. The Morgan fingerprint density at radius 3 is 2.88 bits per heavy atom. The lowest BCUT2D eigenvalue weighted by atomic mass is 9.86. The van der Waals surface area contributed by atoms with Crippen molar-refractivity contribution in [1.29, 1.82) is 0 Å². The van der Waals surface area contributed by atoms with Crippen LogP contribution in [0.5, 0.6) is 0 Å². The van der Waals surface area contributed by atoms with Crippen LogP contribution in [-0.2, 0) is 16.1 Å². The Balaban J connectivity index is 1.33. The highest BCUT2D eigenvalue weighted by molar-refractivity contribution is 7.17. The maximum absolute atomic E-state index is 12.4. The number of hydrogen-bond donors (Lipinski definition) is 2. The van der Waals surface area contributed by atoms with Gasteiger partial charge in [0, 0.05) is 23.6 Å². The molecule has 2 aromatic heterocycles. The topological polar surface area (TPSA) is 71.1 Å². The second-order valence-electron chi connectivity index (χ2n) is 7.40. The van der Waals surface area contributed by atoms with E-state index in [9.17, 15) is 9.59 Å². The minimum Gasteiger partial charge on any atom is -0.351 e. The van der Waals surface area contributed by atoms with Crippen molar-refractivity contribution in [2.24, 2.45) is 17.8 Å². The van der Waals surface area contributed by atoms with Gasteiger partial charge in [-0.25, -0.2) is 4.98 Å². The van der Waals surface area contributed by atoms with Gasteiger partial charge >= 0.3 is 0 Å². The summed E-state index contributed by atoms with van der Waals surface area (Å²) in [6.07, 6.45) is 5.87. The zero-order valence-electron chi connectivity index (χ0n) is 14.8. The van der Waals surface area contributed by atoms with Crippen molar-refractivity contribution in [2.75, 3.05) is 5.32 Å².